The third-order valence-corrected chi connectivity index (χ3v) is 3.78. The predicted molar refractivity (Wildman–Crippen MR) is 79.3 cm³/mol. The Hall–Kier alpha value is -0.680. The Morgan fingerprint density at radius 3 is 2.70 bits per heavy atom. The average molecular weight is 301 g/mol. The van der Waals surface area contributed by atoms with Gasteiger partial charge < -0.3 is 10.5 Å². The molecule has 2 N–H and O–H groups in total. The molecule has 0 atom stereocenters. The van der Waals surface area contributed by atoms with Crippen LogP contribution < -0.4 is 5.73 Å². The Labute approximate surface area is 124 Å². The van der Waals surface area contributed by atoms with Gasteiger partial charge in [-0.3, -0.25) is 4.90 Å². The van der Waals surface area contributed by atoms with E-state index in [1.165, 1.54) is 6.07 Å². The van der Waals surface area contributed by atoms with Crippen molar-refractivity contribution >= 4 is 11.6 Å². The lowest BCUT2D eigenvalue weighted by atomic mass is 10.1. The lowest BCUT2D eigenvalue weighted by Gasteiger charge is -2.32. The van der Waals surface area contributed by atoms with Crippen LogP contribution in [-0.4, -0.2) is 37.2 Å². The van der Waals surface area contributed by atoms with E-state index in [2.05, 4.69) is 4.90 Å². The Morgan fingerprint density at radius 2 is 2.05 bits per heavy atom. The lowest BCUT2D eigenvalue weighted by Crippen LogP contribution is -2.36. The molecule has 0 radical (unpaired) electrons. The van der Waals surface area contributed by atoms with Gasteiger partial charge in [-0.25, -0.2) is 4.39 Å². The van der Waals surface area contributed by atoms with Crippen LogP contribution in [0.15, 0.2) is 18.2 Å². The van der Waals surface area contributed by atoms with Gasteiger partial charge in [-0.2, -0.15) is 0 Å². The van der Waals surface area contributed by atoms with E-state index in [1.54, 1.807) is 6.07 Å². The van der Waals surface area contributed by atoms with Gasteiger partial charge in [0.25, 0.3) is 0 Å². The number of halogens is 2. The van der Waals surface area contributed by atoms with E-state index in [0.29, 0.717) is 17.7 Å². The van der Waals surface area contributed by atoms with E-state index in [1.807, 2.05) is 6.07 Å². The summed E-state index contributed by atoms with van der Waals surface area (Å²) >= 11 is 5.87. The van der Waals surface area contributed by atoms with Crippen LogP contribution in [0.1, 0.15) is 24.8 Å². The second-order valence-electron chi connectivity index (χ2n) is 5.27. The molecule has 20 heavy (non-hydrogen) atoms. The summed E-state index contributed by atoms with van der Waals surface area (Å²) in [7, 11) is 0. The van der Waals surface area contributed by atoms with Gasteiger partial charge in [0.1, 0.15) is 5.82 Å². The number of benzene rings is 1. The Balaban J connectivity index is 1.76. The number of ether oxygens (including phenoxy) is 1. The fraction of sp³-hybridized carbons (Fsp3) is 0.600. The number of nitrogens with zero attached hydrogens (tertiary/aromatic N) is 1. The van der Waals surface area contributed by atoms with Crippen LogP contribution in [0.3, 0.4) is 0 Å². The maximum Gasteiger partial charge on any atom is 0.125 e. The summed E-state index contributed by atoms with van der Waals surface area (Å²) < 4.78 is 19.1. The van der Waals surface area contributed by atoms with Crippen molar-refractivity contribution in [3.63, 3.8) is 0 Å². The molecule has 5 heteroatoms. The SMILES string of the molecule is NCCCOC1CCN(Cc2cc(F)cc(Cl)c2)CC1. The van der Waals surface area contributed by atoms with E-state index in [4.69, 9.17) is 22.1 Å². The summed E-state index contributed by atoms with van der Waals surface area (Å²) in [4.78, 5) is 2.31. The zero-order chi connectivity index (χ0) is 14.4. The third-order valence-electron chi connectivity index (χ3n) is 3.57. The summed E-state index contributed by atoms with van der Waals surface area (Å²) in [5.74, 6) is -0.271. The van der Waals surface area contributed by atoms with Gasteiger partial charge in [0.2, 0.25) is 0 Å². The molecular formula is C15H22ClFN2O. The highest BCUT2D eigenvalue weighted by Crippen LogP contribution is 2.19. The van der Waals surface area contributed by atoms with Crippen molar-refractivity contribution in [3.05, 3.63) is 34.6 Å². The molecule has 1 fully saturated rings. The number of piperidine rings is 1. The summed E-state index contributed by atoms with van der Waals surface area (Å²) in [6.45, 7) is 4.12. The van der Waals surface area contributed by atoms with Crippen LogP contribution in [0.2, 0.25) is 5.02 Å². The standard InChI is InChI=1S/C15H22ClFN2O/c16-13-8-12(9-14(17)10-13)11-19-5-2-15(3-6-19)20-7-1-4-18/h8-10,15H,1-7,11,18H2. The van der Waals surface area contributed by atoms with Crippen molar-refractivity contribution in [1.29, 1.82) is 0 Å². The third kappa shape index (κ3) is 5.02. The second kappa shape index (κ2) is 7.93. The fourth-order valence-electron chi connectivity index (χ4n) is 2.53. The van der Waals surface area contributed by atoms with Gasteiger partial charge in [0.05, 0.1) is 6.10 Å². The van der Waals surface area contributed by atoms with Crippen LogP contribution in [0, 0.1) is 5.82 Å². The van der Waals surface area contributed by atoms with Gasteiger partial charge in [-0.15, -0.1) is 0 Å². The molecule has 1 aliphatic heterocycles. The first kappa shape index (κ1) is 15.7. The molecule has 0 saturated carbocycles. The largest absolute Gasteiger partial charge is 0.378 e. The predicted octanol–water partition coefficient (Wildman–Crippen LogP) is 2.81. The first-order valence-corrected chi connectivity index (χ1v) is 7.54. The first-order valence-electron chi connectivity index (χ1n) is 7.16. The number of rotatable bonds is 6. The molecule has 1 aromatic carbocycles. The molecule has 0 aromatic heterocycles. The highest BCUT2D eigenvalue weighted by atomic mass is 35.5. The Kier molecular flexibility index (Phi) is 6.23. The molecule has 1 aliphatic rings. The molecule has 0 spiro atoms. The minimum Gasteiger partial charge on any atom is -0.378 e. The van der Waals surface area contributed by atoms with E-state index >= 15 is 0 Å². The zero-order valence-electron chi connectivity index (χ0n) is 11.7. The van der Waals surface area contributed by atoms with Gasteiger partial charge in [0.15, 0.2) is 0 Å². The molecule has 0 aliphatic carbocycles. The van der Waals surface area contributed by atoms with Gasteiger partial charge in [-0.05, 0) is 49.6 Å². The minimum absolute atomic E-state index is 0.271. The molecule has 0 amide bonds. The van der Waals surface area contributed by atoms with E-state index in [9.17, 15) is 4.39 Å². The van der Waals surface area contributed by atoms with Crippen LogP contribution in [0.4, 0.5) is 4.39 Å². The fourth-order valence-corrected chi connectivity index (χ4v) is 2.77. The summed E-state index contributed by atoms with van der Waals surface area (Å²) in [5.41, 5.74) is 6.38. The van der Waals surface area contributed by atoms with Crippen LogP contribution in [0.5, 0.6) is 0 Å². The van der Waals surface area contributed by atoms with Crippen molar-refractivity contribution in [1.82, 2.24) is 4.90 Å². The summed E-state index contributed by atoms with van der Waals surface area (Å²) in [6, 6.07) is 4.72. The average Bonchev–Trinajstić information content (AvgIpc) is 2.40. The van der Waals surface area contributed by atoms with Gasteiger partial charge in [-0.1, -0.05) is 11.6 Å². The molecule has 1 heterocycles. The number of hydrogen-bond acceptors (Lipinski definition) is 3. The quantitative estimate of drug-likeness (QED) is 0.821. The normalized spacial score (nSPS) is 17.6. The topological polar surface area (TPSA) is 38.5 Å². The molecular weight excluding hydrogens is 279 g/mol. The van der Waals surface area contributed by atoms with Crippen molar-refractivity contribution < 1.29 is 9.13 Å². The molecule has 0 bridgehead atoms. The van der Waals surface area contributed by atoms with Crippen molar-refractivity contribution in [3.8, 4) is 0 Å². The summed E-state index contributed by atoms with van der Waals surface area (Å²) in [6.07, 6.45) is 3.30. The highest BCUT2D eigenvalue weighted by Gasteiger charge is 2.19. The maximum absolute atomic E-state index is 13.3. The number of hydrogen-bond donors (Lipinski definition) is 1. The van der Waals surface area contributed by atoms with Crippen LogP contribution >= 0.6 is 11.6 Å². The molecule has 2 rings (SSSR count). The van der Waals surface area contributed by atoms with Crippen molar-refractivity contribution in [2.45, 2.75) is 31.9 Å². The van der Waals surface area contributed by atoms with E-state index in [-0.39, 0.29) is 5.82 Å². The van der Waals surface area contributed by atoms with E-state index < -0.39 is 0 Å². The number of nitrogens with two attached hydrogens (primary N) is 1. The molecule has 112 valence electrons. The first-order chi connectivity index (χ1) is 9.67. The van der Waals surface area contributed by atoms with Gasteiger partial charge >= 0.3 is 0 Å². The van der Waals surface area contributed by atoms with E-state index in [0.717, 1.165) is 51.1 Å². The monoisotopic (exact) mass is 300 g/mol. The lowest BCUT2D eigenvalue weighted by molar-refractivity contribution is 0.00562. The zero-order valence-corrected chi connectivity index (χ0v) is 12.4. The van der Waals surface area contributed by atoms with Crippen molar-refractivity contribution in [2.24, 2.45) is 5.73 Å². The van der Waals surface area contributed by atoms with Crippen molar-refractivity contribution in [2.75, 3.05) is 26.2 Å². The molecule has 1 aromatic rings. The smallest absolute Gasteiger partial charge is 0.125 e. The molecule has 1 saturated heterocycles. The Bertz CT molecular complexity index is 402. The maximum atomic E-state index is 13.3. The second-order valence-corrected chi connectivity index (χ2v) is 5.70. The summed E-state index contributed by atoms with van der Waals surface area (Å²) in [5, 5.41) is 0.458. The van der Waals surface area contributed by atoms with Crippen LogP contribution in [0.25, 0.3) is 0 Å². The van der Waals surface area contributed by atoms with Crippen LogP contribution in [-0.2, 0) is 11.3 Å². The molecule has 3 nitrogen and oxygen atoms in total. The minimum atomic E-state index is -0.271. The molecule has 0 unspecified atom stereocenters. The number of likely N-dealkylation sites (tertiary alicyclic amines) is 1. The highest BCUT2D eigenvalue weighted by molar-refractivity contribution is 6.30. The van der Waals surface area contributed by atoms with Gasteiger partial charge in [0, 0.05) is 31.3 Å². The Morgan fingerprint density at radius 1 is 1.30 bits per heavy atom.